The predicted octanol–water partition coefficient (Wildman–Crippen LogP) is 1.63. The van der Waals surface area contributed by atoms with Crippen LogP contribution in [-0.4, -0.2) is 42.4 Å². The summed E-state index contributed by atoms with van der Waals surface area (Å²) >= 11 is 0. The largest absolute Gasteiger partial charge is 0.449 e. The van der Waals surface area contributed by atoms with Gasteiger partial charge >= 0.3 is 6.09 Å². The number of amides is 1. The molecule has 0 saturated carbocycles. The Balaban J connectivity index is 2.12. The molecule has 1 saturated heterocycles. The zero-order chi connectivity index (χ0) is 11.1. The van der Waals surface area contributed by atoms with Gasteiger partial charge in [0.05, 0.1) is 6.61 Å². The minimum absolute atomic E-state index is 0.154. The van der Waals surface area contributed by atoms with E-state index in [2.05, 4.69) is 0 Å². The number of aliphatic hydroxyl groups is 1. The monoisotopic (exact) mass is 215 g/mol. The first-order valence-corrected chi connectivity index (χ1v) is 5.76. The number of ether oxygens (including phenoxy) is 1. The summed E-state index contributed by atoms with van der Waals surface area (Å²) in [6.45, 7) is 4.16. The molecule has 1 atom stereocenters. The summed E-state index contributed by atoms with van der Waals surface area (Å²) in [6, 6.07) is 0. The zero-order valence-corrected chi connectivity index (χ0v) is 9.45. The molecular weight excluding hydrogens is 194 g/mol. The van der Waals surface area contributed by atoms with Crippen LogP contribution in [-0.2, 0) is 4.74 Å². The summed E-state index contributed by atoms with van der Waals surface area (Å²) in [6.07, 6.45) is 3.92. The van der Waals surface area contributed by atoms with Crippen molar-refractivity contribution in [3.05, 3.63) is 0 Å². The molecule has 1 aliphatic rings. The average molecular weight is 215 g/mol. The zero-order valence-electron chi connectivity index (χ0n) is 9.45. The number of aliphatic hydroxyl groups excluding tert-OH is 1. The molecular formula is C11H21NO3. The van der Waals surface area contributed by atoms with Crippen molar-refractivity contribution in [1.82, 2.24) is 4.90 Å². The van der Waals surface area contributed by atoms with Gasteiger partial charge in [0, 0.05) is 19.7 Å². The van der Waals surface area contributed by atoms with Crippen LogP contribution in [0.4, 0.5) is 4.79 Å². The van der Waals surface area contributed by atoms with Gasteiger partial charge in [-0.1, -0.05) is 6.92 Å². The van der Waals surface area contributed by atoms with Crippen LogP contribution in [0, 0.1) is 5.92 Å². The summed E-state index contributed by atoms with van der Waals surface area (Å²) in [7, 11) is 0. The number of piperidine rings is 1. The van der Waals surface area contributed by atoms with Gasteiger partial charge in [0.2, 0.25) is 0 Å². The molecule has 4 nitrogen and oxygen atoms in total. The third-order valence-electron chi connectivity index (χ3n) is 2.76. The topological polar surface area (TPSA) is 49.8 Å². The summed E-state index contributed by atoms with van der Waals surface area (Å²) in [5.41, 5.74) is 0. The van der Waals surface area contributed by atoms with E-state index in [0.717, 1.165) is 32.4 Å². The highest BCUT2D eigenvalue weighted by molar-refractivity contribution is 5.67. The summed E-state index contributed by atoms with van der Waals surface area (Å²) < 4.78 is 5.13. The van der Waals surface area contributed by atoms with Crippen LogP contribution in [0.3, 0.4) is 0 Å². The number of carbonyl (C=O) groups excluding carboxylic acids is 1. The number of hydrogen-bond acceptors (Lipinski definition) is 3. The molecule has 0 bridgehead atoms. The van der Waals surface area contributed by atoms with Gasteiger partial charge in [0.25, 0.3) is 0 Å². The van der Waals surface area contributed by atoms with Crippen LogP contribution < -0.4 is 0 Å². The Morgan fingerprint density at radius 1 is 1.40 bits per heavy atom. The lowest BCUT2D eigenvalue weighted by Crippen LogP contribution is -2.36. The Morgan fingerprint density at radius 2 is 2.07 bits per heavy atom. The van der Waals surface area contributed by atoms with E-state index in [1.54, 1.807) is 4.90 Å². The minimum atomic E-state index is -0.195. The Labute approximate surface area is 91.2 Å². The molecule has 1 heterocycles. The lowest BCUT2D eigenvalue weighted by atomic mass is 10.1. The molecule has 0 aliphatic carbocycles. The number of hydrogen-bond donors (Lipinski definition) is 1. The van der Waals surface area contributed by atoms with Crippen molar-refractivity contribution in [2.45, 2.75) is 32.6 Å². The fourth-order valence-corrected chi connectivity index (χ4v) is 1.61. The number of nitrogens with zero attached hydrogens (tertiary/aromatic N) is 1. The first-order chi connectivity index (χ1) is 7.24. The second-order valence-electron chi connectivity index (χ2n) is 4.24. The molecule has 4 heteroatoms. The van der Waals surface area contributed by atoms with E-state index in [9.17, 15) is 4.79 Å². The molecule has 1 N–H and O–H groups in total. The fraction of sp³-hybridized carbons (Fsp3) is 0.909. The standard InChI is InChI=1S/C11H21NO3/c1-10(9-13)5-8-15-11(14)12-6-3-2-4-7-12/h10,13H,2-9H2,1H3. The molecule has 15 heavy (non-hydrogen) atoms. The van der Waals surface area contributed by atoms with Gasteiger partial charge in [-0.2, -0.15) is 0 Å². The first kappa shape index (κ1) is 12.3. The van der Waals surface area contributed by atoms with Crippen LogP contribution in [0.2, 0.25) is 0 Å². The Hall–Kier alpha value is -0.770. The SMILES string of the molecule is CC(CO)CCOC(=O)N1CCCCC1. The average Bonchev–Trinajstić information content (AvgIpc) is 2.29. The third kappa shape index (κ3) is 4.51. The quantitative estimate of drug-likeness (QED) is 0.775. The maximum Gasteiger partial charge on any atom is 0.409 e. The van der Waals surface area contributed by atoms with Crippen LogP contribution in [0.25, 0.3) is 0 Å². The molecule has 1 aliphatic heterocycles. The third-order valence-corrected chi connectivity index (χ3v) is 2.76. The van der Waals surface area contributed by atoms with E-state index in [1.807, 2.05) is 6.92 Å². The lowest BCUT2D eigenvalue weighted by Gasteiger charge is -2.25. The summed E-state index contributed by atoms with van der Waals surface area (Å²) in [4.78, 5) is 13.3. The minimum Gasteiger partial charge on any atom is -0.449 e. The maximum absolute atomic E-state index is 11.5. The van der Waals surface area contributed by atoms with Crippen molar-refractivity contribution in [2.24, 2.45) is 5.92 Å². The molecule has 88 valence electrons. The van der Waals surface area contributed by atoms with Crippen molar-refractivity contribution in [3.63, 3.8) is 0 Å². The van der Waals surface area contributed by atoms with Crippen molar-refractivity contribution in [2.75, 3.05) is 26.3 Å². The maximum atomic E-state index is 11.5. The Bertz CT molecular complexity index is 190. The molecule has 0 spiro atoms. The number of rotatable bonds is 4. The van der Waals surface area contributed by atoms with Crippen molar-refractivity contribution in [3.8, 4) is 0 Å². The molecule has 1 rings (SSSR count). The van der Waals surface area contributed by atoms with Crippen molar-refractivity contribution < 1.29 is 14.6 Å². The second-order valence-corrected chi connectivity index (χ2v) is 4.24. The molecule has 1 amide bonds. The van der Waals surface area contributed by atoms with Crippen LogP contribution in [0.15, 0.2) is 0 Å². The van der Waals surface area contributed by atoms with E-state index in [0.29, 0.717) is 6.61 Å². The highest BCUT2D eigenvalue weighted by atomic mass is 16.6. The van der Waals surface area contributed by atoms with Gasteiger partial charge in [-0.15, -0.1) is 0 Å². The molecule has 0 aromatic heterocycles. The number of likely N-dealkylation sites (tertiary alicyclic amines) is 1. The molecule has 0 aromatic carbocycles. The Kier molecular flexibility index (Phi) is 5.47. The second kappa shape index (κ2) is 6.67. The van der Waals surface area contributed by atoms with Crippen LogP contribution in [0.5, 0.6) is 0 Å². The van der Waals surface area contributed by atoms with Gasteiger partial charge in [-0.3, -0.25) is 0 Å². The van der Waals surface area contributed by atoms with E-state index in [4.69, 9.17) is 9.84 Å². The van der Waals surface area contributed by atoms with Gasteiger partial charge in [0.1, 0.15) is 0 Å². The van der Waals surface area contributed by atoms with Gasteiger partial charge in [0.15, 0.2) is 0 Å². The van der Waals surface area contributed by atoms with Crippen molar-refractivity contribution in [1.29, 1.82) is 0 Å². The number of carbonyl (C=O) groups is 1. The first-order valence-electron chi connectivity index (χ1n) is 5.76. The molecule has 1 unspecified atom stereocenters. The van der Waals surface area contributed by atoms with E-state index >= 15 is 0 Å². The highest BCUT2D eigenvalue weighted by Gasteiger charge is 2.17. The van der Waals surface area contributed by atoms with Crippen LogP contribution >= 0.6 is 0 Å². The normalized spacial score (nSPS) is 18.7. The van der Waals surface area contributed by atoms with Crippen molar-refractivity contribution >= 4 is 6.09 Å². The molecule has 0 radical (unpaired) electrons. The lowest BCUT2D eigenvalue weighted by molar-refractivity contribution is 0.0869. The van der Waals surface area contributed by atoms with E-state index in [-0.39, 0.29) is 18.6 Å². The summed E-state index contributed by atoms with van der Waals surface area (Å²) in [5.74, 6) is 0.208. The van der Waals surface area contributed by atoms with E-state index < -0.39 is 0 Å². The van der Waals surface area contributed by atoms with Gasteiger partial charge < -0.3 is 14.7 Å². The van der Waals surface area contributed by atoms with Crippen LogP contribution in [0.1, 0.15) is 32.6 Å². The fourth-order valence-electron chi connectivity index (χ4n) is 1.61. The summed E-state index contributed by atoms with van der Waals surface area (Å²) in [5, 5.41) is 8.80. The van der Waals surface area contributed by atoms with Gasteiger partial charge in [-0.25, -0.2) is 4.79 Å². The molecule has 1 fully saturated rings. The highest BCUT2D eigenvalue weighted by Crippen LogP contribution is 2.10. The van der Waals surface area contributed by atoms with E-state index in [1.165, 1.54) is 6.42 Å². The predicted molar refractivity (Wildman–Crippen MR) is 57.6 cm³/mol. The Morgan fingerprint density at radius 3 is 2.67 bits per heavy atom. The smallest absolute Gasteiger partial charge is 0.409 e. The van der Waals surface area contributed by atoms with Gasteiger partial charge in [-0.05, 0) is 31.6 Å². The molecule has 0 aromatic rings.